The predicted octanol–water partition coefficient (Wildman–Crippen LogP) is -0.245. The molecule has 0 aromatic rings. The maximum Gasteiger partial charge on any atom is 0.324 e. The first-order valence-corrected chi connectivity index (χ1v) is 4.84. The lowest BCUT2D eigenvalue weighted by atomic mass is 9.79. The molecule has 2 saturated heterocycles. The predicted molar refractivity (Wildman–Crippen MR) is 48.6 cm³/mol. The van der Waals surface area contributed by atoms with Gasteiger partial charge in [0.15, 0.2) is 0 Å². The number of carboxylic acids is 1. The van der Waals surface area contributed by atoms with E-state index < -0.39 is 11.5 Å². The van der Waals surface area contributed by atoms with Gasteiger partial charge in [-0.1, -0.05) is 0 Å². The Balaban J connectivity index is 2.24. The van der Waals surface area contributed by atoms with E-state index in [1.165, 1.54) is 0 Å². The highest BCUT2D eigenvalue weighted by atomic mass is 16.4. The summed E-state index contributed by atoms with van der Waals surface area (Å²) < 4.78 is 0. The maximum atomic E-state index is 11.2. The van der Waals surface area contributed by atoms with Crippen molar-refractivity contribution >= 4 is 5.97 Å². The first-order chi connectivity index (χ1) is 6.19. The number of nitrogens with zero attached hydrogens (tertiary/aromatic N) is 1. The quantitative estimate of drug-likeness (QED) is 0.621. The van der Waals surface area contributed by atoms with Crippen molar-refractivity contribution in [3.8, 4) is 0 Å². The Labute approximate surface area is 77.9 Å². The Bertz CT molecular complexity index is 232. The van der Waals surface area contributed by atoms with Crippen molar-refractivity contribution in [2.24, 2.45) is 5.92 Å². The molecule has 2 bridgehead atoms. The average molecular weight is 184 g/mol. The smallest absolute Gasteiger partial charge is 0.324 e. The molecule has 3 unspecified atom stereocenters. The fraction of sp³-hybridized carbons (Fsp3) is 0.889. The monoisotopic (exact) mass is 184 g/mol. The van der Waals surface area contributed by atoms with E-state index in [2.05, 4.69) is 10.2 Å². The normalized spacial score (nSPS) is 43.5. The standard InChI is InChI=1S/C9H16N2O2/c1-10-9(8(12)13)3-5-11-4-2-7(9)6-11/h7,10H,2-6H2,1H3,(H,12,13). The molecule has 3 atom stereocenters. The van der Waals surface area contributed by atoms with Gasteiger partial charge in [0.1, 0.15) is 5.54 Å². The van der Waals surface area contributed by atoms with Crippen LogP contribution >= 0.6 is 0 Å². The number of hydrogen-bond acceptors (Lipinski definition) is 3. The van der Waals surface area contributed by atoms with E-state index >= 15 is 0 Å². The minimum atomic E-state index is -0.679. The molecule has 0 spiro atoms. The third-order valence-electron chi connectivity index (χ3n) is 3.62. The summed E-state index contributed by atoms with van der Waals surface area (Å²) in [5, 5.41) is 12.2. The number of carboxylic acid groups (broad SMARTS) is 1. The number of nitrogens with one attached hydrogen (secondary N) is 1. The van der Waals surface area contributed by atoms with E-state index in [9.17, 15) is 9.90 Å². The largest absolute Gasteiger partial charge is 0.480 e. The van der Waals surface area contributed by atoms with Crippen LogP contribution in [0.25, 0.3) is 0 Å². The lowest BCUT2D eigenvalue weighted by Crippen LogP contribution is -2.60. The van der Waals surface area contributed by atoms with Crippen LogP contribution in [0.2, 0.25) is 0 Å². The summed E-state index contributed by atoms with van der Waals surface area (Å²) in [5.41, 5.74) is -0.646. The van der Waals surface area contributed by atoms with Crippen molar-refractivity contribution in [1.29, 1.82) is 0 Å². The van der Waals surface area contributed by atoms with E-state index in [0.717, 1.165) is 32.5 Å². The lowest BCUT2D eigenvalue weighted by molar-refractivity contribution is -0.148. The van der Waals surface area contributed by atoms with Gasteiger partial charge in [0.25, 0.3) is 0 Å². The summed E-state index contributed by atoms with van der Waals surface area (Å²) in [7, 11) is 1.77. The highest BCUT2D eigenvalue weighted by molar-refractivity contribution is 5.79. The summed E-state index contributed by atoms with van der Waals surface area (Å²) in [6.45, 7) is 2.94. The molecule has 2 fully saturated rings. The molecule has 0 aromatic carbocycles. The van der Waals surface area contributed by atoms with E-state index in [-0.39, 0.29) is 0 Å². The molecular formula is C9H16N2O2. The Morgan fingerprint density at radius 2 is 2.38 bits per heavy atom. The van der Waals surface area contributed by atoms with Crippen molar-refractivity contribution in [3.05, 3.63) is 0 Å². The van der Waals surface area contributed by atoms with E-state index in [1.807, 2.05) is 0 Å². The van der Waals surface area contributed by atoms with Crippen molar-refractivity contribution in [1.82, 2.24) is 10.2 Å². The van der Waals surface area contributed by atoms with Crippen LogP contribution < -0.4 is 5.32 Å². The van der Waals surface area contributed by atoms with Crippen LogP contribution in [0.1, 0.15) is 12.8 Å². The molecular weight excluding hydrogens is 168 g/mol. The first-order valence-electron chi connectivity index (χ1n) is 4.84. The van der Waals surface area contributed by atoms with Gasteiger partial charge in [0.2, 0.25) is 0 Å². The highest BCUT2D eigenvalue weighted by Crippen LogP contribution is 2.35. The van der Waals surface area contributed by atoms with Gasteiger partial charge in [-0.2, -0.15) is 0 Å². The van der Waals surface area contributed by atoms with Crippen LogP contribution in [0.3, 0.4) is 0 Å². The fourth-order valence-corrected chi connectivity index (χ4v) is 2.69. The first kappa shape index (κ1) is 8.97. The fourth-order valence-electron chi connectivity index (χ4n) is 2.69. The molecule has 2 N–H and O–H groups in total. The van der Waals surface area contributed by atoms with Crippen LogP contribution in [0, 0.1) is 5.92 Å². The Kier molecular flexibility index (Phi) is 2.04. The molecule has 2 rings (SSSR count). The van der Waals surface area contributed by atoms with Crippen LogP contribution in [-0.4, -0.2) is 48.2 Å². The third-order valence-corrected chi connectivity index (χ3v) is 3.62. The second kappa shape index (κ2) is 2.96. The van der Waals surface area contributed by atoms with Gasteiger partial charge in [-0.05, 0) is 26.4 Å². The molecule has 13 heavy (non-hydrogen) atoms. The molecule has 0 aromatic heterocycles. The maximum absolute atomic E-state index is 11.2. The second-order valence-corrected chi connectivity index (χ2v) is 4.06. The molecule has 4 nitrogen and oxygen atoms in total. The summed E-state index contributed by atoms with van der Waals surface area (Å²) >= 11 is 0. The van der Waals surface area contributed by atoms with Crippen molar-refractivity contribution in [2.45, 2.75) is 18.4 Å². The van der Waals surface area contributed by atoms with Gasteiger partial charge in [0.05, 0.1) is 0 Å². The SMILES string of the molecule is CNC1(C(=O)O)CCN2CCC1C2. The minimum Gasteiger partial charge on any atom is -0.480 e. The Morgan fingerprint density at radius 3 is 3.00 bits per heavy atom. The summed E-state index contributed by atoms with van der Waals surface area (Å²) in [4.78, 5) is 13.6. The molecule has 2 heterocycles. The van der Waals surface area contributed by atoms with Gasteiger partial charge in [-0.25, -0.2) is 0 Å². The van der Waals surface area contributed by atoms with E-state index in [0.29, 0.717) is 5.92 Å². The Hall–Kier alpha value is -0.610. The van der Waals surface area contributed by atoms with Crippen LogP contribution in [0.5, 0.6) is 0 Å². The second-order valence-electron chi connectivity index (χ2n) is 4.06. The number of fused-ring (bicyclic) bond motifs is 2. The molecule has 0 aliphatic carbocycles. The highest BCUT2D eigenvalue weighted by Gasteiger charge is 2.50. The zero-order valence-corrected chi connectivity index (χ0v) is 7.92. The van der Waals surface area contributed by atoms with Gasteiger partial charge in [-0.15, -0.1) is 0 Å². The van der Waals surface area contributed by atoms with E-state index in [4.69, 9.17) is 0 Å². The summed E-state index contributed by atoms with van der Waals surface area (Å²) in [5.74, 6) is -0.384. The van der Waals surface area contributed by atoms with Crippen LogP contribution in [0.15, 0.2) is 0 Å². The van der Waals surface area contributed by atoms with Crippen LogP contribution in [-0.2, 0) is 4.79 Å². The molecule has 4 heteroatoms. The van der Waals surface area contributed by atoms with E-state index in [1.54, 1.807) is 7.05 Å². The third kappa shape index (κ3) is 1.16. The Morgan fingerprint density at radius 1 is 1.62 bits per heavy atom. The van der Waals surface area contributed by atoms with Crippen molar-refractivity contribution < 1.29 is 9.90 Å². The molecule has 74 valence electrons. The number of hydrogen-bond donors (Lipinski definition) is 2. The molecule has 0 saturated carbocycles. The number of carbonyl (C=O) groups is 1. The average Bonchev–Trinajstić information content (AvgIpc) is 2.50. The van der Waals surface area contributed by atoms with Gasteiger partial charge < -0.3 is 15.3 Å². The number of aliphatic carboxylic acids is 1. The number of likely N-dealkylation sites (N-methyl/N-ethyl adjacent to an activating group) is 1. The topological polar surface area (TPSA) is 52.6 Å². The lowest BCUT2D eigenvalue weighted by Gasteiger charge is -2.39. The van der Waals surface area contributed by atoms with Crippen molar-refractivity contribution in [3.63, 3.8) is 0 Å². The molecule has 2 aliphatic rings. The number of rotatable bonds is 2. The molecule has 2 aliphatic heterocycles. The van der Waals surface area contributed by atoms with Gasteiger partial charge in [0, 0.05) is 19.0 Å². The zero-order valence-electron chi connectivity index (χ0n) is 7.92. The molecule has 0 radical (unpaired) electrons. The minimum absolute atomic E-state index is 0.295. The van der Waals surface area contributed by atoms with Crippen LogP contribution in [0.4, 0.5) is 0 Å². The molecule has 0 amide bonds. The number of piperidine rings is 1. The zero-order chi connectivity index (χ0) is 9.47. The summed E-state index contributed by atoms with van der Waals surface area (Å²) in [6, 6.07) is 0. The summed E-state index contributed by atoms with van der Waals surface area (Å²) in [6.07, 6.45) is 1.76. The van der Waals surface area contributed by atoms with Gasteiger partial charge in [-0.3, -0.25) is 4.79 Å². The van der Waals surface area contributed by atoms with Gasteiger partial charge >= 0.3 is 5.97 Å². The van der Waals surface area contributed by atoms with Crippen molar-refractivity contribution in [2.75, 3.05) is 26.7 Å².